The fourth-order valence-corrected chi connectivity index (χ4v) is 2.90. The molecule has 0 spiro atoms. The van der Waals surface area contributed by atoms with Crippen molar-refractivity contribution in [1.29, 1.82) is 0 Å². The SMILES string of the molecule is CCOc1ccccc1C1NC(=O)c2cnc3cc(C)nn3c2N1. The number of hydrogen-bond acceptors (Lipinski definition) is 5. The van der Waals surface area contributed by atoms with Crippen LogP contribution in [0.15, 0.2) is 36.5 Å². The lowest BCUT2D eigenvalue weighted by Crippen LogP contribution is -2.39. The third kappa shape index (κ3) is 2.25. The molecule has 0 fully saturated rings. The van der Waals surface area contributed by atoms with Gasteiger partial charge in [0.1, 0.15) is 23.3 Å². The first kappa shape index (κ1) is 14.5. The molecule has 1 aliphatic rings. The van der Waals surface area contributed by atoms with Gasteiger partial charge in [0.05, 0.1) is 12.3 Å². The average molecular weight is 323 g/mol. The zero-order chi connectivity index (χ0) is 16.7. The number of benzene rings is 1. The van der Waals surface area contributed by atoms with Crippen molar-refractivity contribution in [2.75, 3.05) is 11.9 Å². The van der Waals surface area contributed by atoms with E-state index in [2.05, 4.69) is 20.7 Å². The van der Waals surface area contributed by atoms with Crippen LogP contribution in [0.5, 0.6) is 5.75 Å². The number of rotatable bonds is 3. The molecule has 3 heterocycles. The summed E-state index contributed by atoms with van der Waals surface area (Å²) in [5.74, 6) is 1.18. The van der Waals surface area contributed by atoms with Gasteiger partial charge in [-0.1, -0.05) is 18.2 Å². The molecule has 1 atom stereocenters. The number of amides is 1. The van der Waals surface area contributed by atoms with E-state index in [0.29, 0.717) is 23.6 Å². The molecule has 0 saturated carbocycles. The van der Waals surface area contributed by atoms with E-state index in [-0.39, 0.29) is 5.91 Å². The molecule has 24 heavy (non-hydrogen) atoms. The first-order chi connectivity index (χ1) is 11.7. The van der Waals surface area contributed by atoms with Crippen LogP contribution in [0.2, 0.25) is 0 Å². The van der Waals surface area contributed by atoms with Crippen LogP contribution in [-0.2, 0) is 0 Å². The smallest absolute Gasteiger partial charge is 0.258 e. The van der Waals surface area contributed by atoms with E-state index in [1.54, 1.807) is 10.7 Å². The Hall–Kier alpha value is -3.09. The van der Waals surface area contributed by atoms with Crippen molar-refractivity contribution in [3.8, 4) is 5.75 Å². The Labute approximate surface area is 138 Å². The third-order valence-electron chi connectivity index (χ3n) is 3.94. The minimum atomic E-state index is -0.400. The van der Waals surface area contributed by atoms with Gasteiger partial charge in [-0.3, -0.25) is 4.79 Å². The molecule has 0 aliphatic carbocycles. The number of fused-ring (bicyclic) bond motifs is 3. The lowest BCUT2D eigenvalue weighted by atomic mass is 10.1. The van der Waals surface area contributed by atoms with E-state index in [1.165, 1.54) is 0 Å². The van der Waals surface area contributed by atoms with Crippen LogP contribution >= 0.6 is 0 Å². The predicted molar refractivity (Wildman–Crippen MR) is 89.2 cm³/mol. The van der Waals surface area contributed by atoms with Gasteiger partial charge < -0.3 is 15.4 Å². The lowest BCUT2D eigenvalue weighted by molar-refractivity contribution is 0.0933. The van der Waals surface area contributed by atoms with Gasteiger partial charge in [-0.25, -0.2) is 4.98 Å². The average Bonchev–Trinajstić information content (AvgIpc) is 2.96. The molecule has 1 amide bonds. The van der Waals surface area contributed by atoms with Crippen LogP contribution in [0, 0.1) is 6.92 Å². The summed E-state index contributed by atoms with van der Waals surface area (Å²) >= 11 is 0. The predicted octanol–water partition coefficient (Wildman–Crippen LogP) is 2.29. The second-order valence-corrected chi connectivity index (χ2v) is 5.60. The molecule has 122 valence electrons. The van der Waals surface area contributed by atoms with Crippen LogP contribution in [-0.4, -0.2) is 27.1 Å². The maximum absolute atomic E-state index is 12.5. The van der Waals surface area contributed by atoms with Gasteiger partial charge in [-0.05, 0) is 19.9 Å². The molecule has 2 N–H and O–H groups in total. The Kier molecular flexibility index (Phi) is 3.34. The van der Waals surface area contributed by atoms with Crippen molar-refractivity contribution >= 4 is 17.4 Å². The fraction of sp³-hybridized carbons (Fsp3) is 0.235. The Morgan fingerprint density at radius 3 is 2.96 bits per heavy atom. The summed E-state index contributed by atoms with van der Waals surface area (Å²) in [4.78, 5) is 16.8. The van der Waals surface area contributed by atoms with Crippen LogP contribution in [0.4, 0.5) is 5.82 Å². The number of aryl methyl sites for hydroxylation is 1. The summed E-state index contributed by atoms with van der Waals surface area (Å²) in [6, 6.07) is 9.52. The second-order valence-electron chi connectivity index (χ2n) is 5.60. The highest BCUT2D eigenvalue weighted by molar-refractivity contribution is 6.01. The Bertz CT molecular complexity index is 934. The molecule has 4 rings (SSSR count). The number of anilines is 1. The van der Waals surface area contributed by atoms with Crippen LogP contribution < -0.4 is 15.4 Å². The molecule has 0 saturated heterocycles. The van der Waals surface area contributed by atoms with Gasteiger partial charge in [0.15, 0.2) is 5.65 Å². The molecule has 0 bridgehead atoms. The maximum Gasteiger partial charge on any atom is 0.258 e. The van der Waals surface area contributed by atoms with E-state index in [9.17, 15) is 4.79 Å². The van der Waals surface area contributed by atoms with E-state index in [0.717, 1.165) is 17.0 Å². The molecule has 2 aromatic heterocycles. The molecule has 3 aromatic rings. The molecule has 7 heteroatoms. The minimum Gasteiger partial charge on any atom is -0.493 e. The van der Waals surface area contributed by atoms with Gasteiger partial charge in [-0.15, -0.1) is 0 Å². The summed E-state index contributed by atoms with van der Waals surface area (Å²) in [7, 11) is 0. The van der Waals surface area contributed by atoms with E-state index in [4.69, 9.17) is 4.74 Å². The van der Waals surface area contributed by atoms with Gasteiger partial charge in [0.2, 0.25) is 0 Å². The summed E-state index contributed by atoms with van der Waals surface area (Å²) in [5.41, 5.74) is 2.88. The second kappa shape index (κ2) is 5.52. The Balaban J connectivity index is 1.81. The molecular weight excluding hydrogens is 306 g/mol. The van der Waals surface area contributed by atoms with Crippen molar-refractivity contribution in [3.63, 3.8) is 0 Å². The monoisotopic (exact) mass is 323 g/mol. The first-order valence-electron chi connectivity index (χ1n) is 7.82. The van der Waals surface area contributed by atoms with E-state index >= 15 is 0 Å². The molecule has 1 aromatic carbocycles. The highest BCUT2D eigenvalue weighted by Gasteiger charge is 2.29. The Morgan fingerprint density at radius 1 is 1.29 bits per heavy atom. The van der Waals surface area contributed by atoms with Crippen LogP contribution in [0.25, 0.3) is 5.65 Å². The normalized spacial score (nSPS) is 16.4. The molecule has 1 unspecified atom stereocenters. The molecule has 7 nitrogen and oxygen atoms in total. The molecule has 0 radical (unpaired) electrons. The van der Waals surface area contributed by atoms with Gasteiger partial charge in [-0.2, -0.15) is 9.61 Å². The minimum absolute atomic E-state index is 0.192. The third-order valence-corrected chi connectivity index (χ3v) is 3.94. The van der Waals surface area contributed by atoms with Crippen molar-refractivity contribution in [2.24, 2.45) is 0 Å². The maximum atomic E-state index is 12.5. The lowest BCUT2D eigenvalue weighted by Gasteiger charge is -2.29. The number of carbonyl (C=O) groups excluding carboxylic acids is 1. The van der Waals surface area contributed by atoms with Gasteiger partial charge in [0.25, 0.3) is 5.91 Å². The van der Waals surface area contributed by atoms with Crippen molar-refractivity contribution in [2.45, 2.75) is 20.0 Å². The van der Waals surface area contributed by atoms with Gasteiger partial charge in [0, 0.05) is 17.8 Å². The quantitative estimate of drug-likeness (QED) is 0.773. The topological polar surface area (TPSA) is 80.5 Å². The largest absolute Gasteiger partial charge is 0.493 e. The number of nitrogens with zero attached hydrogens (tertiary/aromatic N) is 3. The fourth-order valence-electron chi connectivity index (χ4n) is 2.90. The highest BCUT2D eigenvalue weighted by Crippen LogP contribution is 2.31. The van der Waals surface area contributed by atoms with Crippen molar-refractivity contribution in [3.05, 3.63) is 53.3 Å². The zero-order valence-corrected chi connectivity index (χ0v) is 13.4. The number of para-hydroxylation sites is 1. The standard InChI is InChI=1S/C17H17N5O2/c1-3-24-13-7-5-4-6-11(13)15-19-16-12(17(23)20-15)9-18-14-8-10(2)21-22(14)16/h4-9,15,19H,3H2,1-2H3,(H,20,23). The van der Waals surface area contributed by atoms with E-state index in [1.807, 2.05) is 44.2 Å². The number of ether oxygens (including phenoxy) is 1. The summed E-state index contributed by atoms with van der Waals surface area (Å²) in [6.07, 6.45) is 1.17. The number of aromatic nitrogens is 3. The van der Waals surface area contributed by atoms with E-state index < -0.39 is 6.17 Å². The van der Waals surface area contributed by atoms with Crippen molar-refractivity contribution < 1.29 is 9.53 Å². The summed E-state index contributed by atoms with van der Waals surface area (Å²) in [5, 5.41) is 10.7. The summed E-state index contributed by atoms with van der Waals surface area (Å²) < 4.78 is 7.35. The number of carbonyl (C=O) groups is 1. The molecule has 1 aliphatic heterocycles. The number of nitrogens with one attached hydrogen (secondary N) is 2. The summed E-state index contributed by atoms with van der Waals surface area (Å²) in [6.45, 7) is 4.38. The first-order valence-corrected chi connectivity index (χ1v) is 7.82. The molecular formula is C17H17N5O2. The van der Waals surface area contributed by atoms with Crippen molar-refractivity contribution in [1.82, 2.24) is 19.9 Å². The zero-order valence-electron chi connectivity index (χ0n) is 13.4. The highest BCUT2D eigenvalue weighted by atomic mass is 16.5. The number of hydrogen-bond donors (Lipinski definition) is 2. The van der Waals surface area contributed by atoms with Crippen LogP contribution in [0.3, 0.4) is 0 Å². The Morgan fingerprint density at radius 2 is 2.12 bits per heavy atom. The van der Waals surface area contributed by atoms with Gasteiger partial charge >= 0.3 is 0 Å². The van der Waals surface area contributed by atoms with Crippen LogP contribution in [0.1, 0.15) is 34.7 Å².